The molecule has 0 aliphatic heterocycles. The van der Waals surface area contributed by atoms with Crippen molar-refractivity contribution in [1.29, 1.82) is 0 Å². The molecule has 0 radical (unpaired) electrons. The van der Waals surface area contributed by atoms with Crippen molar-refractivity contribution in [3.8, 4) is 0 Å². The molecule has 3 aromatic carbocycles. The van der Waals surface area contributed by atoms with Gasteiger partial charge >= 0.3 is 6.03 Å². The fourth-order valence-corrected chi connectivity index (χ4v) is 3.20. The van der Waals surface area contributed by atoms with E-state index in [0.717, 1.165) is 16.6 Å². The Balaban J connectivity index is 1.59. The van der Waals surface area contributed by atoms with Gasteiger partial charge in [0.1, 0.15) is 0 Å². The number of nitrogens with one attached hydrogen (secondary N) is 2. The van der Waals surface area contributed by atoms with Crippen molar-refractivity contribution in [1.82, 2.24) is 5.32 Å². The number of hydrogen-bond donors (Lipinski definition) is 2. The number of carbonyl (C=O) groups excluding carboxylic acids is 1. The molecule has 3 rings (SSSR count). The zero-order valence-corrected chi connectivity index (χ0v) is 15.9. The number of carbonyl (C=O) groups is 1. The van der Waals surface area contributed by atoms with E-state index in [0.29, 0.717) is 6.54 Å². The van der Waals surface area contributed by atoms with Crippen LogP contribution in [0.15, 0.2) is 89.4 Å². The third-order valence-electron chi connectivity index (χ3n) is 4.22. The second-order valence-corrected chi connectivity index (χ2v) is 6.97. The molecule has 0 aliphatic carbocycles. The molecule has 0 bridgehead atoms. The van der Waals surface area contributed by atoms with Crippen LogP contribution in [0.2, 0.25) is 0 Å². The van der Waals surface area contributed by atoms with Gasteiger partial charge in [0.15, 0.2) is 0 Å². The SMILES string of the molecule is O=C(NCCC(c1ccccc1)c1ccccc1)Nc1ccc(Br)cc1. The van der Waals surface area contributed by atoms with Gasteiger partial charge in [-0.05, 0) is 41.8 Å². The summed E-state index contributed by atoms with van der Waals surface area (Å²) in [5, 5.41) is 5.81. The van der Waals surface area contributed by atoms with E-state index in [-0.39, 0.29) is 11.9 Å². The van der Waals surface area contributed by atoms with Gasteiger partial charge in [0, 0.05) is 22.6 Å². The molecule has 0 saturated heterocycles. The first kappa shape index (κ1) is 18.2. The van der Waals surface area contributed by atoms with Crippen molar-refractivity contribution in [2.45, 2.75) is 12.3 Å². The van der Waals surface area contributed by atoms with E-state index in [9.17, 15) is 4.79 Å². The third kappa shape index (κ3) is 5.20. The lowest BCUT2D eigenvalue weighted by atomic mass is 9.88. The highest BCUT2D eigenvalue weighted by Gasteiger charge is 2.14. The molecule has 0 fully saturated rings. The lowest BCUT2D eigenvalue weighted by Crippen LogP contribution is -2.30. The van der Waals surface area contributed by atoms with Gasteiger partial charge in [0.2, 0.25) is 0 Å². The predicted molar refractivity (Wildman–Crippen MR) is 111 cm³/mol. The molecule has 0 atom stereocenters. The predicted octanol–water partition coefficient (Wildman–Crippen LogP) is 5.79. The fraction of sp³-hybridized carbons (Fsp3) is 0.136. The Morgan fingerprint density at radius 3 is 1.88 bits per heavy atom. The molecular weight excluding hydrogens is 388 g/mol. The zero-order chi connectivity index (χ0) is 18.2. The van der Waals surface area contributed by atoms with Crippen LogP contribution in [-0.2, 0) is 0 Å². The van der Waals surface area contributed by atoms with Crippen LogP contribution in [0.5, 0.6) is 0 Å². The lowest BCUT2D eigenvalue weighted by molar-refractivity contribution is 0.252. The minimum Gasteiger partial charge on any atom is -0.338 e. The highest BCUT2D eigenvalue weighted by atomic mass is 79.9. The van der Waals surface area contributed by atoms with Crippen LogP contribution < -0.4 is 10.6 Å². The summed E-state index contributed by atoms with van der Waals surface area (Å²) >= 11 is 3.39. The van der Waals surface area contributed by atoms with Gasteiger partial charge in [-0.3, -0.25) is 0 Å². The van der Waals surface area contributed by atoms with Crippen molar-refractivity contribution >= 4 is 27.6 Å². The summed E-state index contributed by atoms with van der Waals surface area (Å²) in [5.41, 5.74) is 3.29. The maximum absolute atomic E-state index is 12.1. The molecule has 0 saturated carbocycles. The Morgan fingerprint density at radius 2 is 1.35 bits per heavy atom. The summed E-state index contributed by atoms with van der Waals surface area (Å²) in [6.45, 7) is 0.594. The standard InChI is InChI=1S/C22H21BrN2O/c23-19-11-13-20(14-12-19)25-22(26)24-16-15-21(17-7-3-1-4-8-17)18-9-5-2-6-10-18/h1-14,21H,15-16H2,(H2,24,25,26). The van der Waals surface area contributed by atoms with Crippen LogP contribution in [0.1, 0.15) is 23.5 Å². The molecule has 26 heavy (non-hydrogen) atoms. The monoisotopic (exact) mass is 408 g/mol. The summed E-state index contributed by atoms with van der Waals surface area (Å²) in [6.07, 6.45) is 0.835. The van der Waals surface area contributed by atoms with E-state index < -0.39 is 0 Å². The number of hydrogen-bond acceptors (Lipinski definition) is 1. The van der Waals surface area contributed by atoms with Crippen LogP contribution in [-0.4, -0.2) is 12.6 Å². The maximum atomic E-state index is 12.1. The molecule has 0 spiro atoms. The molecule has 4 heteroatoms. The van der Waals surface area contributed by atoms with Crippen LogP contribution >= 0.6 is 15.9 Å². The number of benzene rings is 3. The van der Waals surface area contributed by atoms with Crippen LogP contribution in [0, 0.1) is 0 Å². The first-order valence-electron chi connectivity index (χ1n) is 8.62. The summed E-state index contributed by atoms with van der Waals surface area (Å²) in [6, 6.07) is 28.2. The van der Waals surface area contributed by atoms with E-state index in [1.165, 1.54) is 11.1 Å². The fourth-order valence-electron chi connectivity index (χ4n) is 2.94. The van der Waals surface area contributed by atoms with Gasteiger partial charge in [-0.15, -0.1) is 0 Å². The Kier molecular flexibility index (Phi) is 6.45. The molecule has 2 amide bonds. The number of halogens is 1. The molecule has 0 unspecified atom stereocenters. The van der Waals surface area contributed by atoms with E-state index in [4.69, 9.17) is 0 Å². The Morgan fingerprint density at radius 1 is 0.808 bits per heavy atom. The summed E-state index contributed by atoms with van der Waals surface area (Å²) in [4.78, 5) is 12.1. The molecule has 0 aromatic heterocycles. The average molecular weight is 409 g/mol. The van der Waals surface area contributed by atoms with Gasteiger partial charge in [0.05, 0.1) is 0 Å². The van der Waals surface area contributed by atoms with Gasteiger partial charge in [-0.2, -0.15) is 0 Å². The normalized spacial score (nSPS) is 10.5. The van der Waals surface area contributed by atoms with Crippen LogP contribution in [0.3, 0.4) is 0 Å². The van der Waals surface area contributed by atoms with E-state index in [1.807, 2.05) is 36.4 Å². The van der Waals surface area contributed by atoms with E-state index in [1.54, 1.807) is 0 Å². The Labute approximate surface area is 162 Å². The summed E-state index contributed by atoms with van der Waals surface area (Å²) in [5.74, 6) is 0.255. The van der Waals surface area contributed by atoms with Crippen molar-refractivity contribution in [3.63, 3.8) is 0 Å². The highest BCUT2D eigenvalue weighted by Crippen LogP contribution is 2.27. The number of anilines is 1. The molecule has 3 aromatic rings. The minimum atomic E-state index is -0.188. The highest BCUT2D eigenvalue weighted by molar-refractivity contribution is 9.10. The van der Waals surface area contributed by atoms with Gasteiger partial charge < -0.3 is 10.6 Å². The second-order valence-electron chi connectivity index (χ2n) is 6.05. The van der Waals surface area contributed by atoms with E-state index in [2.05, 4.69) is 75.1 Å². The third-order valence-corrected chi connectivity index (χ3v) is 4.75. The summed E-state index contributed by atoms with van der Waals surface area (Å²) < 4.78 is 0.983. The molecule has 132 valence electrons. The Bertz CT molecular complexity index is 780. The quantitative estimate of drug-likeness (QED) is 0.531. The van der Waals surface area contributed by atoms with E-state index >= 15 is 0 Å². The maximum Gasteiger partial charge on any atom is 0.319 e. The molecule has 2 N–H and O–H groups in total. The summed E-state index contributed by atoms with van der Waals surface area (Å²) in [7, 11) is 0. The van der Waals surface area contributed by atoms with Crippen molar-refractivity contribution in [2.24, 2.45) is 0 Å². The number of urea groups is 1. The number of rotatable bonds is 6. The van der Waals surface area contributed by atoms with Gasteiger partial charge in [0.25, 0.3) is 0 Å². The molecular formula is C22H21BrN2O. The average Bonchev–Trinajstić information content (AvgIpc) is 2.68. The first-order chi connectivity index (χ1) is 12.7. The van der Waals surface area contributed by atoms with Crippen molar-refractivity contribution in [3.05, 3.63) is 101 Å². The minimum absolute atomic E-state index is 0.188. The zero-order valence-electron chi connectivity index (χ0n) is 14.4. The molecule has 3 nitrogen and oxygen atoms in total. The topological polar surface area (TPSA) is 41.1 Å². The first-order valence-corrected chi connectivity index (χ1v) is 9.42. The number of amides is 2. The van der Waals surface area contributed by atoms with Crippen molar-refractivity contribution < 1.29 is 4.79 Å². The molecule has 0 heterocycles. The van der Waals surface area contributed by atoms with Crippen LogP contribution in [0.4, 0.5) is 10.5 Å². The van der Waals surface area contributed by atoms with Crippen molar-refractivity contribution in [2.75, 3.05) is 11.9 Å². The molecule has 0 aliphatic rings. The second kappa shape index (κ2) is 9.20. The van der Waals surface area contributed by atoms with Crippen LogP contribution in [0.25, 0.3) is 0 Å². The van der Waals surface area contributed by atoms with Gasteiger partial charge in [-0.1, -0.05) is 76.6 Å². The lowest BCUT2D eigenvalue weighted by Gasteiger charge is -2.18. The smallest absolute Gasteiger partial charge is 0.319 e. The van der Waals surface area contributed by atoms with Gasteiger partial charge in [-0.25, -0.2) is 4.79 Å². The largest absolute Gasteiger partial charge is 0.338 e. The Hall–Kier alpha value is -2.59.